The van der Waals surface area contributed by atoms with Crippen molar-refractivity contribution in [3.05, 3.63) is 164 Å². The van der Waals surface area contributed by atoms with Crippen LogP contribution in [-0.4, -0.2) is 15.0 Å². The van der Waals surface area contributed by atoms with Crippen LogP contribution in [0.2, 0.25) is 0 Å². The zero-order valence-corrected chi connectivity index (χ0v) is 24.8. The smallest absolute Gasteiger partial charge is 0.0991 e. The molecule has 0 atom stereocenters. The Kier molecular flexibility index (Phi) is 6.83. The number of hydrogen-bond donors (Lipinski definition) is 0. The van der Waals surface area contributed by atoms with Crippen LogP contribution in [0.4, 0.5) is 0 Å². The molecule has 214 valence electrons. The fourth-order valence-electron chi connectivity index (χ4n) is 6.11. The van der Waals surface area contributed by atoms with Gasteiger partial charge in [0.15, 0.2) is 0 Å². The SMILES string of the molecule is N#Cc1ccc(-c2cccc3ccc(-c4ccc5cccc(-c6cc(-c7ccccn7)nc(-c7ccccn7)c6)c5c4)cc23)cc1. The summed E-state index contributed by atoms with van der Waals surface area (Å²) in [4.78, 5) is 14.2. The van der Waals surface area contributed by atoms with Crippen LogP contribution < -0.4 is 0 Å². The van der Waals surface area contributed by atoms with E-state index in [0.717, 1.165) is 66.9 Å². The highest BCUT2D eigenvalue weighted by atomic mass is 14.8. The van der Waals surface area contributed by atoms with E-state index in [4.69, 9.17) is 4.98 Å². The highest BCUT2D eigenvalue weighted by molar-refractivity contribution is 6.02. The zero-order valence-electron chi connectivity index (χ0n) is 24.8. The van der Waals surface area contributed by atoms with Gasteiger partial charge in [-0.15, -0.1) is 0 Å². The molecule has 0 spiro atoms. The highest BCUT2D eigenvalue weighted by Gasteiger charge is 2.13. The minimum absolute atomic E-state index is 0.658. The summed E-state index contributed by atoms with van der Waals surface area (Å²) in [5.41, 5.74) is 10.6. The third-order valence-corrected chi connectivity index (χ3v) is 8.41. The van der Waals surface area contributed by atoms with Crippen LogP contribution in [0.3, 0.4) is 0 Å². The van der Waals surface area contributed by atoms with Crippen LogP contribution in [-0.2, 0) is 0 Å². The maximum Gasteiger partial charge on any atom is 0.0991 e. The van der Waals surface area contributed by atoms with Crippen molar-refractivity contribution < 1.29 is 0 Å². The highest BCUT2D eigenvalue weighted by Crippen LogP contribution is 2.37. The van der Waals surface area contributed by atoms with E-state index in [-0.39, 0.29) is 0 Å². The van der Waals surface area contributed by atoms with Gasteiger partial charge < -0.3 is 0 Å². The Labute approximate surface area is 266 Å². The fraction of sp³-hybridized carbons (Fsp3) is 0. The minimum atomic E-state index is 0.658. The molecule has 0 aliphatic rings. The van der Waals surface area contributed by atoms with Crippen molar-refractivity contribution in [1.82, 2.24) is 15.0 Å². The Bertz CT molecular complexity index is 2350. The lowest BCUT2D eigenvalue weighted by molar-refractivity contribution is 1.22. The second kappa shape index (κ2) is 11.6. The van der Waals surface area contributed by atoms with Crippen molar-refractivity contribution in [3.8, 4) is 62.2 Å². The molecule has 0 bridgehead atoms. The number of nitrogens with zero attached hydrogens (tertiary/aromatic N) is 4. The number of benzene rings is 5. The maximum atomic E-state index is 9.27. The molecule has 0 unspecified atom stereocenters. The number of hydrogen-bond acceptors (Lipinski definition) is 4. The Morgan fingerprint density at radius 2 is 0.935 bits per heavy atom. The number of pyridine rings is 3. The van der Waals surface area contributed by atoms with Crippen LogP contribution in [0.5, 0.6) is 0 Å². The molecule has 3 heterocycles. The molecule has 0 saturated carbocycles. The van der Waals surface area contributed by atoms with Crippen molar-refractivity contribution >= 4 is 21.5 Å². The van der Waals surface area contributed by atoms with Crippen molar-refractivity contribution in [3.63, 3.8) is 0 Å². The summed E-state index contributed by atoms with van der Waals surface area (Å²) in [7, 11) is 0. The van der Waals surface area contributed by atoms with E-state index in [1.165, 1.54) is 10.8 Å². The first-order valence-corrected chi connectivity index (χ1v) is 15.2. The van der Waals surface area contributed by atoms with Gasteiger partial charge in [-0.25, -0.2) is 4.98 Å². The van der Waals surface area contributed by atoms with E-state index in [9.17, 15) is 5.26 Å². The van der Waals surface area contributed by atoms with Gasteiger partial charge in [-0.05, 0) is 116 Å². The predicted octanol–water partition coefficient (Wildman–Crippen LogP) is 10.4. The van der Waals surface area contributed by atoms with E-state index in [2.05, 4.69) is 101 Å². The van der Waals surface area contributed by atoms with Gasteiger partial charge in [0, 0.05) is 12.4 Å². The monoisotopic (exact) mass is 586 g/mol. The molecule has 0 aliphatic heterocycles. The molecule has 4 heteroatoms. The minimum Gasteiger partial charge on any atom is -0.255 e. The third-order valence-electron chi connectivity index (χ3n) is 8.41. The molecule has 0 radical (unpaired) electrons. The lowest BCUT2D eigenvalue weighted by Gasteiger charge is -2.13. The Balaban J connectivity index is 1.28. The lowest BCUT2D eigenvalue weighted by Crippen LogP contribution is -1.94. The molecule has 0 amide bonds. The zero-order chi connectivity index (χ0) is 30.9. The number of nitriles is 1. The van der Waals surface area contributed by atoms with Gasteiger partial charge >= 0.3 is 0 Å². The summed E-state index contributed by atoms with van der Waals surface area (Å²) in [6.45, 7) is 0. The fourth-order valence-corrected chi connectivity index (χ4v) is 6.11. The van der Waals surface area contributed by atoms with Gasteiger partial charge in [-0.1, -0.05) is 84.9 Å². The largest absolute Gasteiger partial charge is 0.255 e. The molecule has 0 saturated heterocycles. The van der Waals surface area contributed by atoms with E-state index < -0.39 is 0 Å². The van der Waals surface area contributed by atoms with Crippen molar-refractivity contribution in [2.24, 2.45) is 0 Å². The Morgan fingerprint density at radius 3 is 1.43 bits per heavy atom. The van der Waals surface area contributed by atoms with Gasteiger partial charge in [-0.3, -0.25) is 9.97 Å². The average molecular weight is 587 g/mol. The summed E-state index contributed by atoms with van der Waals surface area (Å²) in [6, 6.07) is 52.2. The van der Waals surface area contributed by atoms with Gasteiger partial charge in [0.1, 0.15) is 0 Å². The lowest BCUT2D eigenvalue weighted by atomic mass is 9.92. The van der Waals surface area contributed by atoms with E-state index in [1.807, 2.05) is 60.7 Å². The summed E-state index contributed by atoms with van der Waals surface area (Å²) >= 11 is 0. The van der Waals surface area contributed by atoms with E-state index in [1.54, 1.807) is 12.4 Å². The third kappa shape index (κ3) is 5.06. The molecule has 3 aromatic heterocycles. The Hall–Kier alpha value is -6.44. The second-order valence-electron chi connectivity index (χ2n) is 11.2. The summed E-state index contributed by atoms with van der Waals surface area (Å²) in [6.07, 6.45) is 3.59. The molecule has 0 N–H and O–H groups in total. The standard InChI is InChI=1S/C42H26N4/c43-27-28-13-15-31(16-14-28)35-9-5-7-29-17-19-32(23-37(29)35)33-20-18-30-8-6-10-36(38(30)24-33)34-25-41(39-11-1-3-21-44-39)46-42(26-34)40-12-2-4-22-45-40/h1-26H. The van der Waals surface area contributed by atoms with E-state index in [0.29, 0.717) is 5.56 Å². The predicted molar refractivity (Wildman–Crippen MR) is 187 cm³/mol. The van der Waals surface area contributed by atoms with Gasteiger partial charge in [0.2, 0.25) is 0 Å². The first-order valence-electron chi connectivity index (χ1n) is 15.2. The van der Waals surface area contributed by atoms with Gasteiger partial charge in [0.25, 0.3) is 0 Å². The Morgan fingerprint density at radius 1 is 0.413 bits per heavy atom. The van der Waals surface area contributed by atoms with Crippen LogP contribution >= 0.6 is 0 Å². The molecule has 5 aromatic carbocycles. The second-order valence-corrected chi connectivity index (χ2v) is 11.2. The van der Waals surface area contributed by atoms with Gasteiger partial charge in [-0.2, -0.15) is 5.26 Å². The molecule has 0 fully saturated rings. The van der Waals surface area contributed by atoms with Crippen molar-refractivity contribution in [2.45, 2.75) is 0 Å². The number of aromatic nitrogens is 3. The van der Waals surface area contributed by atoms with Crippen LogP contribution in [0.15, 0.2) is 158 Å². The van der Waals surface area contributed by atoms with Crippen LogP contribution in [0.25, 0.3) is 77.7 Å². The quantitative estimate of drug-likeness (QED) is 0.201. The molecule has 0 aliphatic carbocycles. The molecular formula is C42H26N4. The summed E-state index contributed by atoms with van der Waals surface area (Å²) in [5.74, 6) is 0. The summed E-state index contributed by atoms with van der Waals surface area (Å²) < 4.78 is 0. The van der Waals surface area contributed by atoms with Crippen molar-refractivity contribution in [2.75, 3.05) is 0 Å². The molecule has 4 nitrogen and oxygen atoms in total. The molecule has 46 heavy (non-hydrogen) atoms. The number of rotatable bonds is 5. The first kappa shape index (κ1) is 27.1. The molecule has 8 aromatic rings. The normalized spacial score (nSPS) is 11.0. The summed E-state index contributed by atoms with van der Waals surface area (Å²) in [5, 5.41) is 13.9. The number of fused-ring (bicyclic) bond motifs is 2. The first-order chi connectivity index (χ1) is 22.7. The maximum absolute atomic E-state index is 9.27. The van der Waals surface area contributed by atoms with Crippen LogP contribution in [0.1, 0.15) is 5.56 Å². The van der Waals surface area contributed by atoms with Crippen LogP contribution in [0, 0.1) is 11.3 Å². The van der Waals surface area contributed by atoms with Gasteiger partial charge in [0.05, 0.1) is 34.4 Å². The van der Waals surface area contributed by atoms with Crippen molar-refractivity contribution in [1.29, 1.82) is 5.26 Å². The average Bonchev–Trinajstić information content (AvgIpc) is 3.14. The topological polar surface area (TPSA) is 62.5 Å². The molecule has 8 rings (SSSR count). The van der Waals surface area contributed by atoms with E-state index >= 15 is 0 Å². The molecular weight excluding hydrogens is 560 g/mol.